The average Bonchev–Trinajstić information content (AvgIpc) is 3.19. The maximum Gasteiger partial charge on any atom is 0.0464 e. The van der Waals surface area contributed by atoms with Crippen molar-refractivity contribution in [1.82, 2.24) is 0 Å². The summed E-state index contributed by atoms with van der Waals surface area (Å²) in [6, 6.07) is 48.6. The van der Waals surface area contributed by atoms with Crippen molar-refractivity contribution in [3.8, 4) is 0 Å². The summed E-state index contributed by atoms with van der Waals surface area (Å²) in [6.45, 7) is 15.3. The molecule has 0 aliphatic heterocycles. The van der Waals surface area contributed by atoms with E-state index in [-0.39, 0.29) is 5.41 Å². The molecule has 274 valence electrons. The van der Waals surface area contributed by atoms with Crippen LogP contribution in [0.1, 0.15) is 63.4 Å². The molecule has 0 unspecified atom stereocenters. The minimum Gasteiger partial charge on any atom is -0.311 e. The Bertz CT molecular complexity index is 2390. The van der Waals surface area contributed by atoms with Crippen LogP contribution in [0.4, 0.5) is 28.4 Å². The largest absolute Gasteiger partial charge is 0.311 e. The Hall–Kier alpha value is -6.12. The Labute approximate surface area is 329 Å². The molecule has 0 spiro atoms. The van der Waals surface area contributed by atoms with E-state index in [2.05, 4.69) is 234 Å². The van der Waals surface area contributed by atoms with Crippen LogP contribution in [0.25, 0.3) is 18.2 Å². The van der Waals surface area contributed by atoms with Gasteiger partial charge in [0.2, 0.25) is 0 Å². The van der Waals surface area contributed by atoms with Crippen LogP contribution in [0.3, 0.4) is 0 Å². The summed E-state index contributed by atoms with van der Waals surface area (Å²) in [6.07, 6.45) is 16.9. The minimum atomic E-state index is -0.0658. The van der Waals surface area contributed by atoms with E-state index >= 15 is 0 Å². The van der Waals surface area contributed by atoms with Crippen LogP contribution in [0.5, 0.6) is 0 Å². The van der Waals surface area contributed by atoms with Gasteiger partial charge < -0.3 is 9.80 Å². The molecule has 0 saturated heterocycles. The summed E-state index contributed by atoms with van der Waals surface area (Å²) in [7, 11) is 0. The highest BCUT2D eigenvalue weighted by molar-refractivity contribution is 5.79. The number of aryl methyl sites for hydroxylation is 6. The number of nitrogens with zero attached hydrogens (tertiary/aromatic N) is 2. The number of anilines is 5. The van der Waals surface area contributed by atoms with Gasteiger partial charge in [0.25, 0.3) is 0 Å². The molecule has 6 aromatic rings. The molecule has 0 bridgehead atoms. The molecular formula is C53H52N2. The molecular weight excluding hydrogens is 665 g/mol. The lowest BCUT2D eigenvalue weighted by Gasteiger charge is -2.32. The predicted octanol–water partition coefficient (Wildman–Crippen LogP) is 14.9. The maximum atomic E-state index is 2.38. The third-order valence-corrected chi connectivity index (χ3v) is 10.9. The van der Waals surface area contributed by atoms with Crippen molar-refractivity contribution >= 4 is 46.7 Å². The first-order valence-electron chi connectivity index (χ1n) is 19.4. The molecule has 0 N–H and O–H groups in total. The van der Waals surface area contributed by atoms with Gasteiger partial charge in [0.05, 0.1) is 0 Å². The zero-order valence-electron chi connectivity index (χ0n) is 33.3. The van der Waals surface area contributed by atoms with Crippen LogP contribution in [0.15, 0.2) is 163 Å². The molecule has 0 amide bonds. The molecule has 2 nitrogen and oxygen atoms in total. The first kappa shape index (κ1) is 37.2. The molecule has 0 heterocycles. The Kier molecular flexibility index (Phi) is 10.9. The number of hydrogen-bond acceptors (Lipinski definition) is 2. The van der Waals surface area contributed by atoms with Gasteiger partial charge in [-0.1, -0.05) is 127 Å². The second-order valence-electron chi connectivity index (χ2n) is 15.5. The fourth-order valence-electron chi connectivity index (χ4n) is 6.97. The summed E-state index contributed by atoms with van der Waals surface area (Å²) < 4.78 is 0. The molecule has 1 aliphatic rings. The fraction of sp³-hybridized carbons (Fsp3) is 0.170. The third kappa shape index (κ3) is 8.82. The molecule has 0 saturated carbocycles. The molecule has 0 fully saturated rings. The van der Waals surface area contributed by atoms with E-state index < -0.39 is 0 Å². The van der Waals surface area contributed by atoms with Gasteiger partial charge in [0, 0.05) is 39.5 Å². The normalized spacial score (nSPS) is 15.4. The van der Waals surface area contributed by atoms with Gasteiger partial charge in [0.1, 0.15) is 0 Å². The lowest BCUT2D eigenvalue weighted by molar-refractivity contribution is 0.555. The second kappa shape index (κ2) is 16.1. The van der Waals surface area contributed by atoms with Gasteiger partial charge in [-0.3, -0.25) is 0 Å². The Balaban J connectivity index is 1.02. The molecule has 7 rings (SSSR count). The summed E-state index contributed by atoms with van der Waals surface area (Å²) >= 11 is 0. The van der Waals surface area contributed by atoms with Gasteiger partial charge in [-0.2, -0.15) is 0 Å². The monoisotopic (exact) mass is 716 g/mol. The van der Waals surface area contributed by atoms with Crippen molar-refractivity contribution in [2.24, 2.45) is 5.41 Å². The molecule has 0 aromatic heterocycles. The van der Waals surface area contributed by atoms with Crippen molar-refractivity contribution in [2.75, 3.05) is 9.80 Å². The highest BCUT2D eigenvalue weighted by Gasteiger charge is 2.23. The highest BCUT2D eigenvalue weighted by atomic mass is 15.1. The number of benzene rings is 6. The topological polar surface area (TPSA) is 6.48 Å². The molecule has 6 aromatic carbocycles. The van der Waals surface area contributed by atoms with Gasteiger partial charge in [-0.05, 0) is 154 Å². The molecule has 0 radical (unpaired) electrons. The Morgan fingerprint density at radius 2 is 0.836 bits per heavy atom. The molecule has 2 heteroatoms. The van der Waals surface area contributed by atoms with E-state index in [9.17, 15) is 0 Å². The first-order chi connectivity index (χ1) is 26.5. The van der Waals surface area contributed by atoms with E-state index in [4.69, 9.17) is 0 Å². The lowest BCUT2D eigenvalue weighted by atomic mass is 9.82. The van der Waals surface area contributed by atoms with E-state index in [0.29, 0.717) is 0 Å². The summed E-state index contributed by atoms with van der Waals surface area (Å²) in [5.41, 5.74) is 18.2. The Morgan fingerprint density at radius 1 is 0.436 bits per heavy atom. The van der Waals surface area contributed by atoms with Crippen LogP contribution in [0, 0.1) is 47.0 Å². The van der Waals surface area contributed by atoms with E-state index in [1.165, 1.54) is 67.1 Å². The maximum absolute atomic E-state index is 2.38. The summed E-state index contributed by atoms with van der Waals surface area (Å²) in [5, 5.41) is 0. The number of hydrogen-bond donors (Lipinski definition) is 0. The number of allylic oxidation sites excluding steroid dienone is 4. The lowest BCUT2D eigenvalue weighted by Crippen LogP contribution is -2.20. The molecule has 55 heavy (non-hydrogen) atoms. The van der Waals surface area contributed by atoms with Gasteiger partial charge in [-0.15, -0.1) is 0 Å². The van der Waals surface area contributed by atoms with Crippen molar-refractivity contribution in [3.05, 3.63) is 214 Å². The zero-order chi connectivity index (χ0) is 38.5. The van der Waals surface area contributed by atoms with Crippen LogP contribution in [0.2, 0.25) is 0 Å². The Morgan fingerprint density at radius 3 is 1.29 bits per heavy atom. The van der Waals surface area contributed by atoms with Crippen LogP contribution in [-0.4, -0.2) is 0 Å². The van der Waals surface area contributed by atoms with Crippen LogP contribution < -0.4 is 9.80 Å². The first-order valence-corrected chi connectivity index (χ1v) is 19.4. The van der Waals surface area contributed by atoms with Crippen LogP contribution >= 0.6 is 0 Å². The van der Waals surface area contributed by atoms with Gasteiger partial charge >= 0.3 is 0 Å². The molecule has 1 atom stereocenters. The molecule has 1 aliphatic carbocycles. The van der Waals surface area contributed by atoms with Crippen LogP contribution in [-0.2, 0) is 0 Å². The minimum absolute atomic E-state index is 0.0658. The third-order valence-electron chi connectivity index (χ3n) is 10.9. The van der Waals surface area contributed by atoms with Crippen molar-refractivity contribution in [3.63, 3.8) is 0 Å². The number of rotatable bonds is 10. The van der Waals surface area contributed by atoms with Gasteiger partial charge in [0.15, 0.2) is 0 Å². The van der Waals surface area contributed by atoms with Crippen molar-refractivity contribution in [1.29, 1.82) is 0 Å². The zero-order valence-corrected chi connectivity index (χ0v) is 33.3. The van der Waals surface area contributed by atoms with Crippen molar-refractivity contribution in [2.45, 2.75) is 54.9 Å². The average molecular weight is 717 g/mol. The SMILES string of the molecule is Cc1ccc(N(C2=CC[C@](C)(C=Cc3ccc(C=Cc4ccc(N(c5ccc(C)cc5)c5ccc(C)c(C)c5)cc4)cc3)C=C2)c2ccc(C)c(C)c2)cc1. The second-order valence-corrected chi connectivity index (χ2v) is 15.5. The van der Waals surface area contributed by atoms with E-state index in [0.717, 1.165) is 23.5 Å². The standard InChI is InChI=1S/C53H52N2/c1-38-8-22-47(23-9-38)54(51-26-12-40(3)42(5)36-51)49-28-20-45(21-29-49)15-14-44-16-18-46(19-17-44)30-33-53(7)34-31-50(32-35-53)55(48-24-10-39(2)11-25-48)52-27-13-41(4)43(6)37-52/h8-34,36-37H,35H2,1-7H3/t53-/m1/s1. The van der Waals surface area contributed by atoms with Crippen molar-refractivity contribution < 1.29 is 0 Å². The smallest absolute Gasteiger partial charge is 0.0464 e. The summed E-state index contributed by atoms with van der Waals surface area (Å²) in [5.74, 6) is 0. The predicted molar refractivity (Wildman–Crippen MR) is 239 cm³/mol. The quantitative estimate of drug-likeness (QED) is 0.130. The summed E-state index contributed by atoms with van der Waals surface area (Å²) in [4.78, 5) is 4.70. The fourth-order valence-corrected chi connectivity index (χ4v) is 6.97. The van der Waals surface area contributed by atoms with Gasteiger partial charge in [-0.25, -0.2) is 0 Å². The van der Waals surface area contributed by atoms with E-state index in [1.54, 1.807) is 0 Å². The van der Waals surface area contributed by atoms with E-state index in [1.807, 2.05) is 0 Å². The highest BCUT2D eigenvalue weighted by Crippen LogP contribution is 2.39.